The minimum Gasteiger partial charge on any atom is -1.00 e. The Morgan fingerprint density at radius 1 is 0.630 bits per heavy atom. The first kappa shape index (κ1) is 21.8. The first-order valence-corrected chi connectivity index (χ1v) is 9.01. The Bertz CT molecular complexity index is 742. The molecule has 0 aliphatic heterocycles. The third-order valence-electron chi connectivity index (χ3n) is 5.31. The van der Waals surface area contributed by atoms with Crippen molar-refractivity contribution in [2.75, 3.05) is 0 Å². The zero-order valence-corrected chi connectivity index (χ0v) is 17.8. The van der Waals surface area contributed by atoms with E-state index in [0.29, 0.717) is 0 Å². The summed E-state index contributed by atoms with van der Waals surface area (Å²) < 4.78 is 40.6. The van der Waals surface area contributed by atoms with Crippen LogP contribution in [-0.4, -0.2) is 6.15 Å². The van der Waals surface area contributed by atoms with Gasteiger partial charge in [-0.15, -0.1) is 0 Å². The number of unbranched alkanes of at least 4 members (excludes halogenated alkanes) is 1. The Balaban J connectivity index is 0.00000196. The van der Waals surface area contributed by atoms with Crippen molar-refractivity contribution in [1.82, 2.24) is 0 Å². The predicted molar refractivity (Wildman–Crippen MR) is 105 cm³/mol. The number of benzene rings is 3. The molecule has 3 rings (SSSR count). The number of halogens is 3. The Labute approximate surface area is 182 Å². The fourth-order valence-electron chi connectivity index (χ4n) is 3.96. The third-order valence-corrected chi connectivity index (χ3v) is 5.31. The second kappa shape index (κ2) is 9.63. The zero-order chi connectivity index (χ0) is 18.6. The van der Waals surface area contributed by atoms with Crippen molar-refractivity contribution >= 4 is 22.5 Å². The molecule has 27 heavy (non-hydrogen) atoms. The molecule has 0 aromatic heterocycles. The van der Waals surface area contributed by atoms with Crippen LogP contribution in [0.1, 0.15) is 21.2 Å². The van der Waals surface area contributed by atoms with Crippen molar-refractivity contribution in [3.63, 3.8) is 0 Å². The number of rotatable bonds is 6. The molecule has 5 heteroatoms. The van der Waals surface area contributed by atoms with Crippen LogP contribution >= 0.6 is 0 Å². The molecule has 0 atom stereocenters. The van der Waals surface area contributed by atoms with Gasteiger partial charge in [0.05, 0.1) is 6.15 Å². The second-order valence-electron chi connectivity index (χ2n) is 6.84. The molecule has 0 amide bonds. The van der Waals surface area contributed by atoms with Crippen LogP contribution in [0.25, 0.3) is 0 Å². The fourth-order valence-corrected chi connectivity index (χ4v) is 3.96. The van der Waals surface area contributed by atoms with Gasteiger partial charge in [-0.3, -0.25) is 0 Å². The molecule has 0 nitrogen and oxygen atoms in total. The van der Waals surface area contributed by atoms with Crippen molar-refractivity contribution < 1.29 is 44.2 Å². The Hall–Kier alpha value is -1.49. The summed E-state index contributed by atoms with van der Waals surface area (Å²) in [6.07, 6.45) is 1.31. The monoisotopic (exact) mass is 377 g/mol. The largest absolute Gasteiger partial charge is 1.00 e. The predicted octanol–water partition coefficient (Wildman–Crippen LogP) is 1.49. The van der Waals surface area contributed by atoms with Gasteiger partial charge in [-0.1, -0.05) is 56.2 Å². The van der Waals surface area contributed by atoms with Crippen LogP contribution in [0.2, 0.25) is 6.32 Å². The van der Waals surface area contributed by atoms with Crippen molar-refractivity contribution in [3.8, 4) is 0 Å². The maximum atomic E-state index is 13.5. The quantitative estimate of drug-likeness (QED) is 0.572. The summed E-state index contributed by atoms with van der Waals surface area (Å²) in [5, 5.41) is 0. The van der Waals surface area contributed by atoms with Gasteiger partial charge in [0.15, 0.2) is 0 Å². The van der Waals surface area contributed by atoms with Crippen molar-refractivity contribution in [3.05, 3.63) is 90.2 Å². The molecular formula is C22H22BF3Na-. The maximum absolute atomic E-state index is 13.5. The normalized spacial score (nSPS) is 11.1. The topological polar surface area (TPSA) is 0 Å². The van der Waals surface area contributed by atoms with Gasteiger partial charge in [0.1, 0.15) is 17.5 Å². The molecule has 0 radical (unpaired) electrons. The van der Waals surface area contributed by atoms with Gasteiger partial charge in [-0.25, -0.2) is 13.2 Å². The van der Waals surface area contributed by atoms with E-state index in [1.165, 1.54) is 36.4 Å². The second-order valence-corrected chi connectivity index (χ2v) is 6.84. The van der Waals surface area contributed by atoms with E-state index in [1.54, 1.807) is 36.4 Å². The number of hydrogen-bond acceptors (Lipinski definition) is 0. The van der Waals surface area contributed by atoms with Crippen LogP contribution in [0, 0.1) is 17.5 Å². The summed E-state index contributed by atoms with van der Waals surface area (Å²) >= 11 is 0. The van der Waals surface area contributed by atoms with Gasteiger partial charge < -0.3 is 1.43 Å². The molecule has 0 heterocycles. The maximum Gasteiger partial charge on any atom is 1.00 e. The zero-order valence-electron chi connectivity index (χ0n) is 16.8. The van der Waals surface area contributed by atoms with E-state index < -0.39 is 6.15 Å². The van der Waals surface area contributed by atoms with Crippen LogP contribution in [-0.2, 0) is 0 Å². The molecule has 0 saturated carbocycles. The molecule has 3 aromatic rings. The molecule has 0 aliphatic rings. The molecule has 0 bridgehead atoms. The van der Waals surface area contributed by atoms with Crippen LogP contribution in [0.4, 0.5) is 13.2 Å². The van der Waals surface area contributed by atoms with Gasteiger partial charge >= 0.3 is 29.6 Å². The van der Waals surface area contributed by atoms with Gasteiger partial charge in [0.25, 0.3) is 0 Å². The molecule has 136 valence electrons. The van der Waals surface area contributed by atoms with Crippen LogP contribution < -0.4 is 45.9 Å². The van der Waals surface area contributed by atoms with E-state index >= 15 is 0 Å². The minimum atomic E-state index is -1.46. The SMILES string of the molecule is CCCC[B-](c1ccc(F)cc1)(c1ccc(F)cc1)c1ccc(F)cc1.[H-].[Na+]. The van der Waals surface area contributed by atoms with Crippen LogP contribution in [0.5, 0.6) is 0 Å². The molecular weight excluding hydrogens is 355 g/mol. The van der Waals surface area contributed by atoms with E-state index in [2.05, 4.69) is 6.92 Å². The molecule has 0 spiro atoms. The van der Waals surface area contributed by atoms with Crippen molar-refractivity contribution in [2.24, 2.45) is 0 Å². The van der Waals surface area contributed by atoms with Crippen molar-refractivity contribution in [1.29, 1.82) is 0 Å². The standard InChI is InChI=1S/C22H21BF3.Na.H/c1-2-3-16-23(17-4-10-20(24)11-5-17,18-6-12-21(25)13-7-18)19-8-14-22(26)15-9-19;;/h4-15H,2-3,16H2,1H3;;/q-1;+1;-1. The first-order chi connectivity index (χ1) is 12.6. The van der Waals surface area contributed by atoms with E-state index in [-0.39, 0.29) is 48.4 Å². The summed E-state index contributed by atoms with van der Waals surface area (Å²) in [6.45, 7) is 2.11. The number of hydrogen-bond donors (Lipinski definition) is 0. The average molecular weight is 377 g/mol. The average Bonchev–Trinajstić information content (AvgIpc) is 2.66. The Morgan fingerprint density at radius 3 is 1.19 bits per heavy atom. The van der Waals surface area contributed by atoms with Gasteiger partial charge in [0, 0.05) is 0 Å². The third kappa shape index (κ3) is 4.68. The van der Waals surface area contributed by atoms with Gasteiger partial charge in [0.2, 0.25) is 0 Å². The van der Waals surface area contributed by atoms with E-state index in [0.717, 1.165) is 35.6 Å². The van der Waals surface area contributed by atoms with Crippen molar-refractivity contribution in [2.45, 2.75) is 26.1 Å². The minimum absolute atomic E-state index is 0. The van der Waals surface area contributed by atoms with Gasteiger partial charge in [-0.2, -0.15) is 22.7 Å². The van der Waals surface area contributed by atoms with E-state index in [4.69, 9.17) is 0 Å². The summed E-state index contributed by atoms with van der Waals surface area (Å²) in [7, 11) is 0. The molecule has 0 N–H and O–H groups in total. The molecule has 0 aliphatic carbocycles. The summed E-state index contributed by atoms with van der Waals surface area (Å²) in [5.41, 5.74) is 2.91. The summed E-state index contributed by atoms with van der Waals surface area (Å²) in [4.78, 5) is 0. The molecule has 0 saturated heterocycles. The molecule has 3 aromatic carbocycles. The summed E-state index contributed by atoms with van der Waals surface area (Å²) in [5.74, 6) is -0.897. The fraction of sp³-hybridized carbons (Fsp3) is 0.182. The van der Waals surface area contributed by atoms with Gasteiger partial charge in [-0.05, 0) is 36.4 Å². The Kier molecular flexibility index (Phi) is 7.78. The Morgan fingerprint density at radius 2 is 0.926 bits per heavy atom. The molecule has 0 fully saturated rings. The molecule has 0 unspecified atom stereocenters. The summed E-state index contributed by atoms with van der Waals surface area (Å²) in [6, 6.07) is 19.4. The van der Waals surface area contributed by atoms with E-state index in [1.807, 2.05) is 0 Å². The van der Waals surface area contributed by atoms with E-state index in [9.17, 15) is 13.2 Å². The van der Waals surface area contributed by atoms with Crippen LogP contribution in [0.15, 0.2) is 72.8 Å². The smallest absolute Gasteiger partial charge is 1.00 e. The first-order valence-electron chi connectivity index (χ1n) is 9.01. The van der Waals surface area contributed by atoms with Crippen LogP contribution in [0.3, 0.4) is 0 Å².